The number of aliphatic hydroxyl groups excluding tert-OH is 8. The molecule has 12 nitrogen and oxygen atoms in total. The summed E-state index contributed by atoms with van der Waals surface area (Å²) >= 11 is 0. The Hall–Kier alpha value is -1.00. The Bertz CT molecular complexity index is 1290. The first kappa shape index (κ1) is 39.7. The van der Waals surface area contributed by atoms with E-state index in [0.29, 0.717) is 25.7 Å². The van der Waals surface area contributed by atoms with E-state index in [1.54, 1.807) is 13.8 Å². The van der Waals surface area contributed by atoms with Crippen LogP contribution in [0.5, 0.6) is 0 Å². The maximum absolute atomic E-state index is 11.6. The topological polar surface area (TPSA) is 199 Å². The van der Waals surface area contributed by atoms with Gasteiger partial charge in [0, 0.05) is 11.8 Å². The monoisotopic (exact) mass is 724 g/mol. The predicted octanol–water partition coefficient (Wildman–Crippen LogP) is 1.92. The lowest BCUT2D eigenvalue weighted by molar-refractivity contribution is -0.318. The van der Waals surface area contributed by atoms with Crippen LogP contribution >= 0.6 is 0 Å². The molecule has 0 aromatic heterocycles. The summed E-state index contributed by atoms with van der Waals surface area (Å²) < 4.78 is 25.1. The number of rotatable bonds is 8. The van der Waals surface area contributed by atoms with Gasteiger partial charge < -0.3 is 59.8 Å². The van der Waals surface area contributed by atoms with E-state index < -0.39 is 91.2 Å². The Balaban J connectivity index is 1.31. The zero-order valence-electron chi connectivity index (χ0n) is 31.3. The molecule has 51 heavy (non-hydrogen) atoms. The van der Waals surface area contributed by atoms with Gasteiger partial charge in [-0.2, -0.15) is 0 Å². The van der Waals surface area contributed by atoms with E-state index in [2.05, 4.69) is 32.9 Å². The van der Waals surface area contributed by atoms with Gasteiger partial charge in [0.05, 0.1) is 36.6 Å². The van der Waals surface area contributed by atoms with Crippen molar-refractivity contribution in [1.29, 1.82) is 0 Å². The fourth-order valence-corrected chi connectivity index (χ4v) is 11.4. The van der Waals surface area contributed by atoms with Gasteiger partial charge >= 0.3 is 0 Å². The summed E-state index contributed by atoms with van der Waals surface area (Å²) in [6, 6.07) is 0. The number of hydrogen-bond donors (Lipinski definition) is 8. The molecule has 8 N–H and O–H groups in total. The molecule has 0 aromatic rings. The van der Waals surface area contributed by atoms with Gasteiger partial charge in [-0.1, -0.05) is 44.1 Å². The summed E-state index contributed by atoms with van der Waals surface area (Å²) in [5.41, 5.74) is 1.51. The molecule has 5 fully saturated rings. The van der Waals surface area contributed by atoms with Gasteiger partial charge in [-0.25, -0.2) is 0 Å². The summed E-state index contributed by atoms with van der Waals surface area (Å²) in [6.07, 6.45) is -5.35. The van der Waals surface area contributed by atoms with Crippen molar-refractivity contribution in [3.8, 4) is 0 Å². The third-order valence-corrected chi connectivity index (χ3v) is 14.4. The Morgan fingerprint density at radius 2 is 1.45 bits per heavy atom. The summed E-state index contributed by atoms with van der Waals surface area (Å²) in [5.74, 6) is 0.252. The van der Waals surface area contributed by atoms with Gasteiger partial charge in [0.2, 0.25) is 0 Å². The largest absolute Gasteiger partial charge is 0.393 e. The predicted molar refractivity (Wildman–Crippen MR) is 186 cm³/mol. The van der Waals surface area contributed by atoms with Crippen LogP contribution in [0.2, 0.25) is 0 Å². The molecule has 3 saturated carbocycles. The second kappa shape index (κ2) is 14.9. The molecule has 0 spiro atoms. The first-order chi connectivity index (χ1) is 23.9. The molecule has 292 valence electrons. The molecule has 12 heteroatoms. The average Bonchev–Trinajstić information content (AvgIpc) is 3.38. The van der Waals surface area contributed by atoms with Crippen LogP contribution in [0.25, 0.3) is 0 Å². The quantitative estimate of drug-likeness (QED) is 0.170. The van der Waals surface area contributed by atoms with E-state index in [1.165, 1.54) is 0 Å². The van der Waals surface area contributed by atoms with Crippen LogP contribution in [0.3, 0.4) is 0 Å². The SMILES string of the molecule is CC(C)=CC[C@H](O)[C@@H](C)[C@H]1[C@@H](O[C@@H]2O[C@@H](C)[C@H](O)[C@@H](O)[C@H]2O)C[C@H]2[C@@H]3CC=C4C[C@@H](O)C[C@@H](O[C@@H]5O[C@@H](C)[C@H](O)[C@@H](O)[C@H]5O)[C@]4(C)[C@H]3CC[C@]12C. The molecule has 0 aromatic carbocycles. The lowest BCUT2D eigenvalue weighted by Gasteiger charge is -2.60. The Kier molecular flexibility index (Phi) is 11.6. The van der Waals surface area contributed by atoms with Gasteiger partial charge in [0.25, 0.3) is 0 Å². The van der Waals surface area contributed by atoms with Crippen molar-refractivity contribution in [3.63, 3.8) is 0 Å². The van der Waals surface area contributed by atoms with Crippen molar-refractivity contribution in [2.24, 2.45) is 40.4 Å². The molecule has 0 radical (unpaired) electrons. The number of fused-ring (bicyclic) bond motifs is 5. The summed E-state index contributed by atoms with van der Waals surface area (Å²) in [6.45, 7) is 13.9. The molecule has 21 atom stereocenters. The van der Waals surface area contributed by atoms with Gasteiger partial charge in [0.1, 0.15) is 36.6 Å². The molecule has 2 heterocycles. The minimum Gasteiger partial charge on any atom is -0.393 e. The summed E-state index contributed by atoms with van der Waals surface area (Å²) in [5, 5.41) is 86.3. The first-order valence-electron chi connectivity index (χ1n) is 19.3. The highest BCUT2D eigenvalue weighted by molar-refractivity contribution is 5.28. The van der Waals surface area contributed by atoms with Crippen molar-refractivity contribution in [2.75, 3.05) is 0 Å². The number of aliphatic hydroxyl groups is 8. The number of ether oxygens (including phenoxy) is 4. The molecule has 0 amide bonds. The average molecular weight is 725 g/mol. The number of hydrogen-bond acceptors (Lipinski definition) is 12. The zero-order valence-corrected chi connectivity index (χ0v) is 31.3. The lowest BCUT2D eigenvalue weighted by Crippen LogP contribution is -2.61. The highest BCUT2D eigenvalue weighted by atomic mass is 16.7. The Morgan fingerprint density at radius 1 is 0.863 bits per heavy atom. The van der Waals surface area contributed by atoms with E-state index in [0.717, 1.165) is 30.4 Å². The Labute approximate surface area is 302 Å². The molecular weight excluding hydrogens is 660 g/mol. The van der Waals surface area contributed by atoms with Gasteiger partial charge in [-0.05, 0) is 101 Å². The second-order valence-corrected chi connectivity index (χ2v) is 17.6. The van der Waals surface area contributed by atoms with Crippen LogP contribution in [-0.2, 0) is 18.9 Å². The van der Waals surface area contributed by atoms with Crippen molar-refractivity contribution < 1.29 is 59.8 Å². The molecule has 4 aliphatic carbocycles. The molecule has 2 aliphatic heterocycles. The zero-order chi connectivity index (χ0) is 37.3. The standard InChI is InChI=1S/C39H64O12/c1-17(2)8-11-26(41)18(3)29-27(50-36-34(46)32(44)30(42)19(4)48-36)16-25-23-10-9-21-14-22(40)15-28(39(21,7)24(23)12-13-38(25,29)6)51-37-35(47)33(45)31(43)20(5)49-37/h8-9,18-20,22-37,40-47H,10-16H2,1-7H3/t18-,19+,20+,22-,23-,24+,25+,26+,27+,28-,29+,30+,31+,32-,33-,34-,35-,36+,37+,38+,39+/m1/s1. The van der Waals surface area contributed by atoms with Crippen LogP contribution in [0.1, 0.15) is 93.4 Å². The minimum absolute atomic E-state index is 0.0993. The number of allylic oxidation sites excluding steroid dienone is 2. The molecule has 0 unspecified atom stereocenters. The van der Waals surface area contributed by atoms with Crippen LogP contribution in [0.4, 0.5) is 0 Å². The lowest BCUT2D eigenvalue weighted by atomic mass is 9.46. The summed E-state index contributed by atoms with van der Waals surface area (Å²) in [4.78, 5) is 0. The van der Waals surface area contributed by atoms with Crippen LogP contribution < -0.4 is 0 Å². The molecule has 0 bridgehead atoms. The van der Waals surface area contributed by atoms with Gasteiger partial charge in [0.15, 0.2) is 12.6 Å². The van der Waals surface area contributed by atoms with E-state index in [9.17, 15) is 40.9 Å². The highest BCUT2D eigenvalue weighted by Crippen LogP contribution is 2.68. The van der Waals surface area contributed by atoms with E-state index >= 15 is 0 Å². The minimum atomic E-state index is -1.45. The first-order valence-corrected chi connectivity index (χ1v) is 19.3. The third kappa shape index (κ3) is 6.93. The highest BCUT2D eigenvalue weighted by Gasteiger charge is 2.65. The van der Waals surface area contributed by atoms with Crippen molar-refractivity contribution >= 4 is 0 Å². The van der Waals surface area contributed by atoms with Crippen molar-refractivity contribution in [2.45, 2.75) is 179 Å². The normalized spacial score (nSPS) is 52.5. The maximum Gasteiger partial charge on any atom is 0.186 e. The van der Waals surface area contributed by atoms with Crippen LogP contribution in [0, 0.1) is 40.4 Å². The maximum atomic E-state index is 11.6. The second-order valence-electron chi connectivity index (χ2n) is 17.6. The molecule has 6 aliphatic rings. The smallest absolute Gasteiger partial charge is 0.186 e. The van der Waals surface area contributed by atoms with Crippen LogP contribution in [0.15, 0.2) is 23.3 Å². The van der Waals surface area contributed by atoms with E-state index in [1.807, 2.05) is 13.8 Å². The van der Waals surface area contributed by atoms with Gasteiger partial charge in [-0.15, -0.1) is 0 Å². The fourth-order valence-electron chi connectivity index (χ4n) is 11.4. The van der Waals surface area contributed by atoms with E-state index in [4.69, 9.17) is 18.9 Å². The van der Waals surface area contributed by atoms with Crippen molar-refractivity contribution in [1.82, 2.24) is 0 Å². The molecule has 6 rings (SSSR count). The Morgan fingerprint density at radius 3 is 2.04 bits per heavy atom. The molecule has 2 saturated heterocycles. The molecular formula is C39H64O12. The third-order valence-electron chi connectivity index (χ3n) is 14.4. The van der Waals surface area contributed by atoms with Gasteiger partial charge in [-0.3, -0.25) is 0 Å². The van der Waals surface area contributed by atoms with Crippen molar-refractivity contribution in [3.05, 3.63) is 23.3 Å². The van der Waals surface area contributed by atoms with E-state index in [-0.39, 0.29) is 35.0 Å². The fraction of sp³-hybridized carbons (Fsp3) is 0.897. The summed E-state index contributed by atoms with van der Waals surface area (Å²) in [7, 11) is 0. The van der Waals surface area contributed by atoms with Crippen LogP contribution in [-0.4, -0.2) is 127 Å².